The first-order valence-electron chi connectivity index (χ1n) is 9.25. The second-order valence-electron chi connectivity index (χ2n) is 6.76. The number of hydrogen-bond acceptors (Lipinski definition) is 4. The number of hydrazone groups is 1. The standard InChI is InChI=1S/C22H18Cl2FN3O3S/c1-32(30,31)28(20-8-4-6-18(23)21(20)24)14-15-9-11-16(12-10-15)22(29)27-26-13-17-5-2-3-7-19(17)25/h2-13H,14H2,1H3,(H,27,29)/b26-13-. The van der Waals surface area contributed by atoms with Gasteiger partial charge < -0.3 is 0 Å². The monoisotopic (exact) mass is 493 g/mol. The minimum atomic E-state index is -3.66. The number of carbonyl (C=O) groups is 1. The molecule has 0 radical (unpaired) electrons. The maximum absolute atomic E-state index is 13.6. The van der Waals surface area contributed by atoms with Gasteiger partial charge in [0.05, 0.1) is 34.7 Å². The number of nitrogens with one attached hydrogen (secondary N) is 1. The molecule has 1 N–H and O–H groups in total. The summed E-state index contributed by atoms with van der Waals surface area (Å²) < 4.78 is 39.4. The lowest BCUT2D eigenvalue weighted by molar-refractivity contribution is 0.0955. The molecule has 0 spiro atoms. The number of anilines is 1. The highest BCUT2D eigenvalue weighted by atomic mass is 35.5. The Kier molecular flexibility index (Phi) is 7.50. The van der Waals surface area contributed by atoms with E-state index in [1.54, 1.807) is 42.5 Å². The molecule has 32 heavy (non-hydrogen) atoms. The molecule has 166 valence electrons. The highest BCUT2D eigenvalue weighted by molar-refractivity contribution is 7.92. The first-order chi connectivity index (χ1) is 15.2. The van der Waals surface area contributed by atoms with Gasteiger partial charge in [-0.2, -0.15) is 5.10 Å². The predicted molar refractivity (Wildman–Crippen MR) is 125 cm³/mol. The zero-order chi connectivity index (χ0) is 23.3. The van der Waals surface area contributed by atoms with Crippen LogP contribution in [0.4, 0.5) is 10.1 Å². The van der Waals surface area contributed by atoms with E-state index in [-0.39, 0.29) is 27.8 Å². The van der Waals surface area contributed by atoms with Crippen molar-refractivity contribution in [3.63, 3.8) is 0 Å². The third kappa shape index (κ3) is 5.85. The van der Waals surface area contributed by atoms with E-state index in [2.05, 4.69) is 10.5 Å². The van der Waals surface area contributed by atoms with Gasteiger partial charge in [0.2, 0.25) is 10.0 Å². The van der Waals surface area contributed by atoms with Gasteiger partial charge in [-0.25, -0.2) is 18.2 Å². The van der Waals surface area contributed by atoms with Crippen LogP contribution in [0.25, 0.3) is 0 Å². The van der Waals surface area contributed by atoms with Gasteiger partial charge in [-0.15, -0.1) is 0 Å². The highest BCUT2D eigenvalue weighted by Crippen LogP contribution is 2.34. The normalized spacial score (nSPS) is 11.5. The van der Waals surface area contributed by atoms with E-state index in [1.165, 1.54) is 30.5 Å². The van der Waals surface area contributed by atoms with Gasteiger partial charge in [-0.1, -0.05) is 59.6 Å². The van der Waals surface area contributed by atoms with Gasteiger partial charge in [0.1, 0.15) is 5.82 Å². The average Bonchev–Trinajstić information content (AvgIpc) is 2.75. The van der Waals surface area contributed by atoms with Crippen molar-refractivity contribution in [3.05, 3.63) is 99.3 Å². The van der Waals surface area contributed by atoms with Crippen LogP contribution in [0, 0.1) is 5.82 Å². The van der Waals surface area contributed by atoms with Crippen LogP contribution in [0.15, 0.2) is 71.8 Å². The zero-order valence-electron chi connectivity index (χ0n) is 16.8. The molecule has 1 amide bonds. The predicted octanol–water partition coefficient (Wildman–Crippen LogP) is 4.86. The lowest BCUT2D eigenvalue weighted by atomic mass is 10.1. The van der Waals surface area contributed by atoms with E-state index in [9.17, 15) is 17.6 Å². The summed E-state index contributed by atoms with van der Waals surface area (Å²) in [6.07, 6.45) is 2.28. The van der Waals surface area contributed by atoms with E-state index < -0.39 is 21.7 Å². The average molecular weight is 494 g/mol. The lowest BCUT2D eigenvalue weighted by Crippen LogP contribution is -2.29. The van der Waals surface area contributed by atoms with Crippen LogP contribution in [-0.2, 0) is 16.6 Å². The SMILES string of the molecule is CS(=O)(=O)N(Cc1ccc(C(=O)N/N=C\c2ccccc2F)cc1)c1cccc(Cl)c1Cl. The van der Waals surface area contributed by atoms with Crippen LogP contribution in [0.1, 0.15) is 21.5 Å². The topological polar surface area (TPSA) is 78.8 Å². The quantitative estimate of drug-likeness (QED) is 0.376. The number of hydrogen-bond donors (Lipinski definition) is 1. The lowest BCUT2D eigenvalue weighted by Gasteiger charge is -2.24. The Morgan fingerprint density at radius 1 is 1.06 bits per heavy atom. The van der Waals surface area contributed by atoms with Gasteiger partial charge in [0.25, 0.3) is 5.91 Å². The smallest absolute Gasteiger partial charge is 0.267 e. The van der Waals surface area contributed by atoms with Crippen LogP contribution >= 0.6 is 23.2 Å². The van der Waals surface area contributed by atoms with Crippen molar-refractivity contribution >= 4 is 51.0 Å². The Balaban J connectivity index is 1.73. The molecule has 0 bridgehead atoms. The number of amides is 1. The molecule has 3 rings (SSSR count). The molecule has 0 fully saturated rings. The summed E-state index contributed by atoms with van der Waals surface area (Å²) in [5.41, 5.74) is 3.74. The molecule has 0 atom stereocenters. The van der Waals surface area contributed by atoms with Gasteiger partial charge in [0, 0.05) is 11.1 Å². The van der Waals surface area contributed by atoms with Crippen molar-refractivity contribution in [3.8, 4) is 0 Å². The summed E-state index contributed by atoms with van der Waals surface area (Å²) >= 11 is 12.2. The third-order valence-electron chi connectivity index (χ3n) is 4.42. The Bertz CT molecular complexity index is 1270. The zero-order valence-corrected chi connectivity index (χ0v) is 19.1. The molecule has 3 aromatic carbocycles. The molecule has 0 aliphatic rings. The maximum Gasteiger partial charge on any atom is 0.271 e. The summed E-state index contributed by atoms with van der Waals surface area (Å²) in [5, 5.41) is 4.13. The fourth-order valence-electron chi connectivity index (χ4n) is 2.80. The summed E-state index contributed by atoms with van der Waals surface area (Å²) in [5.74, 6) is -0.952. The summed E-state index contributed by atoms with van der Waals surface area (Å²) in [6.45, 7) is -0.00771. The minimum Gasteiger partial charge on any atom is -0.267 e. The molecule has 10 heteroatoms. The van der Waals surface area contributed by atoms with E-state index in [0.29, 0.717) is 11.1 Å². The molecule has 0 aliphatic carbocycles. The van der Waals surface area contributed by atoms with Crippen LogP contribution in [0.2, 0.25) is 10.0 Å². The van der Waals surface area contributed by atoms with E-state index >= 15 is 0 Å². The fraction of sp³-hybridized carbons (Fsp3) is 0.0909. The van der Waals surface area contributed by atoms with Crippen LogP contribution < -0.4 is 9.73 Å². The summed E-state index contributed by atoms with van der Waals surface area (Å²) in [4.78, 5) is 12.3. The molecule has 0 saturated heterocycles. The Labute approximate surface area is 195 Å². The molecule has 0 unspecified atom stereocenters. The fourth-order valence-corrected chi connectivity index (χ4v) is 4.14. The number of carbonyl (C=O) groups excluding carboxylic acids is 1. The number of benzene rings is 3. The summed E-state index contributed by atoms with van der Waals surface area (Å²) in [6, 6.07) is 17.1. The summed E-state index contributed by atoms with van der Waals surface area (Å²) in [7, 11) is -3.66. The maximum atomic E-state index is 13.6. The van der Waals surface area contributed by atoms with Gasteiger partial charge >= 0.3 is 0 Å². The van der Waals surface area contributed by atoms with Gasteiger partial charge in [-0.05, 0) is 35.9 Å². The number of halogens is 3. The van der Waals surface area contributed by atoms with Crippen LogP contribution in [0.3, 0.4) is 0 Å². The highest BCUT2D eigenvalue weighted by Gasteiger charge is 2.21. The van der Waals surface area contributed by atoms with Crippen molar-refractivity contribution < 1.29 is 17.6 Å². The van der Waals surface area contributed by atoms with Crippen molar-refractivity contribution in [1.29, 1.82) is 0 Å². The Hall–Kier alpha value is -2.94. The van der Waals surface area contributed by atoms with E-state index in [4.69, 9.17) is 23.2 Å². The molecule has 6 nitrogen and oxygen atoms in total. The molecule has 0 aromatic heterocycles. The molecular weight excluding hydrogens is 476 g/mol. The van der Waals surface area contributed by atoms with Crippen molar-refractivity contribution in [1.82, 2.24) is 5.43 Å². The molecule has 0 heterocycles. The number of sulfonamides is 1. The first kappa shape index (κ1) is 23.7. The van der Waals surface area contributed by atoms with Crippen LogP contribution in [-0.4, -0.2) is 26.8 Å². The van der Waals surface area contributed by atoms with Crippen molar-refractivity contribution in [2.24, 2.45) is 5.10 Å². The third-order valence-corrected chi connectivity index (χ3v) is 6.35. The second kappa shape index (κ2) is 10.1. The van der Waals surface area contributed by atoms with Crippen LogP contribution in [0.5, 0.6) is 0 Å². The van der Waals surface area contributed by atoms with Gasteiger partial charge in [0.15, 0.2) is 0 Å². The van der Waals surface area contributed by atoms with Crippen molar-refractivity contribution in [2.45, 2.75) is 6.54 Å². The minimum absolute atomic E-state index is 0.00771. The van der Waals surface area contributed by atoms with E-state index in [0.717, 1.165) is 10.6 Å². The van der Waals surface area contributed by atoms with Crippen molar-refractivity contribution in [2.75, 3.05) is 10.6 Å². The molecular formula is C22H18Cl2FN3O3S. The van der Waals surface area contributed by atoms with Gasteiger partial charge in [-0.3, -0.25) is 9.10 Å². The molecule has 0 aliphatic heterocycles. The Morgan fingerprint density at radius 2 is 1.75 bits per heavy atom. The number of rotatable bonds is 7. The second-order valence-corrected chi connectivity index (χ2v) is 9.45. The molecule has 0 saturated carbocycles. The largest absolute Gasteiger partial charge is 0.271 e. The Morgan fingerprint density at radius 3 is 2.41 bits per heavy atom. The molecule has 3 aromatic rings. The van der Waals surface area contributed by atoms with E-state index in [1.807, 2.05) is 0 Å². The first-order valence-corrected chi connectivity index (χ1v) is 11.9. The number of nitrogens with zero attached hydrogens (tertiary/aromatic N) is 2.